The average molecular weight is 273 g/mol. The van der Waals surface area contributed by atoms with Crippen molar-refractivity contribution in [3.8, 4) is 5.88 Å². The Bertz CT molecular complexity index is 488. The minimum atomic E-state index is -2.90. The van der Waals surface area contributed by atoms with E-state index in [1.165, 1.54) is 12.6 Å². The van der Waals surface area contributed by atoms with E-state index in [0.717, 1.165) is 5.56 Å². The molecule has 1 rings (SSSR count). The standard InChI is InChI=1S/C11H19N3O3S/c1-4-17-11-9(2)10(13-8-14-11)12-6-5-7-18(3,15)16/h8H,4-7H2,1-3H3,(H,12,13,14). The van der Waals surface area contributed by atoms with Crippen LogP contribution in [0.25, 0.3) is 0 Å². The number of nitrogens with one attached hydrogen (secondary N) is 1. The van der Waals surface area contributed by atoms with E-state index in [4.69, 9.17) is 4.74 Å². The quantitative estimate of drug-likeness (QED) is 0.747. The minimum Gasteiger partial charge on any atom is -0.478 e. The lowest BCUT2D eigenvalue weighted by molar-refractivity contribution is 0.324. The molecule has 0 amide bonds. The van der Waals surface area contributed by atoms with Gasteiger partial charge in [0.25, 0.3) is 0 Å². The van der Waals surface area contributed by atoms with Crippen LogP contribution in [-0.2, 0) is 9.84 Å². The molecule has 0 aliphatic rings. The highest BCUT2D eigenvalue weighted by Gasteiger charge is 2.07. The number of rotatable bonds is 7. The number of anilines is 1. The van der Waals surface area contributed by atoms with Gasteiger partial charge in [0.05, 0.1) is 17.9 Å². The third kappa shape index (κ3) is 4.87. The van der Waals surface area contributed by atoms with Crippen LogP contribution in [0.5, 0.6) is 5.88 Å². The third-order valence-electron chi connectivity index (χ3n) is 2.30. The first kappa shape index (κ1) is 14.7. The summed E-state index contributed by atoms with van der Waals surface area (Å²) < 4.78 is 27.3. The zero-order valence-corrected chi connectivity index (χ0v) is 11.7. The molecule has 0 saturated heterocycles. The molecule has 1 aromatic heterocycles. The van der Waals surface area contributed by atoms with Gasteiger partial charge in [-0.3, -0.25) is 0 Å². The Morgan fingerprint density at radius 2 is 2.11 bits per heavy atom. The highest BCUT2D eigenvalue weighted by Crippen LogP contribution is 2.19. The summed E-state index contributed by atoms with van der Waals surface area (Å²) in [5.41, 5.74) is 0.832. The van der Waals surface area contributed by atoms with Gasteiger partial charge in [0.15, 0.2) is 0 Å². The molecule has 1 heterocycles. The van der Waals surface area contributed by atoms with Crippen LogP contribution in [0, 0.1) is 6.92 Å². The number of aromatic nitrogens is 2. The van der Waals surface area contributed by atoms with E-state index in [2.05, 4.69) is 15.3 Å². The Hall–Kier alpha value is -1.37. The summed E-state index contributed by atoms with van der Waals surface area (Å²) in [6.45, 7) is 4.85. The summed E-state index contributed by atoms with van der Waals surface area (Å²) in [7, 11) is -2.90. The normalized spacial score (nSPS) is 11.3. The SMILES string of the molecule is CCOc1ncnc(NCCCS(C)(=O)=O)c1C. The third-order valence-corrected chi connectivity index (χ3v) is 3.33. The molecule has 102 valence electrons. The first-order valence-corrected chi connectivity index (χ1v) is 7.86. The Morgan fingerprint density at radius 1 is 1.39 bits per heavy atom. The van der Waals surface area contributed by atoms with Crippen LogP contribution < -0.4 is 10.1 Å². The maximum atomic E-state index is 11.0. The summed E-state index contributed by atoms with van der Waals surface area (Å²) in [6, 6.07) is 0. The van der Waals surface area contributed by atoms with Crippen molar-refractivity contribution in [1.29, 1.82) is 0 Å². The molecule has 0 spiro atoms. The van der Waals surface area contributed by atoms with Gasteiger partial charge < -0.3 is 10.1 Å². The van der Waals surface area contributed by atoms with Crippen LogP contribution in [0.15, 0.2) is 6.33 Å². The van der Waals surface area contributed by atoms with E-state index in [0.29, 0.717) is 31.3 Å². The van der Waals surface area contributed by atoms with Gasteiger partial charge in [0, 0.05) is 12.8 Å². The van der Waals surface area contributed by atoms with Crippen LogP contribution >= 0.6 is 0 Å². The van der Waals surface area contributed by atoms with Gasteiger partial charge in [-0.05, 0) is 20.3 Å². The van der Waals surface area contributed by atoms with Crippen LogP contribution in [0.4, 0.5) is 5.82 Å². The van der Waals surface area contributed by atoms with Gasteiger partial charge in [-0.2, -0.15) is 0 Å². The number of hydrogen-bond donors (Lipinski definition) is 1. The molecule has 7 heteroatoms. The molecule has 1 aromatic rings. The zero-order chi connectivity index (χ0) is 13.6. The summed E-state index contributed by atoms with van der Waals surface area (Å²) in [5.74, 6) is 1.41. The lowest BCUT2D eigenvalue weighted by Gasteiger charge is -2.10. The molecule has 0 aliphatic heterocycles. The second kappa shape index (κ2) is 6.53. The van der Waals surface area contributed by atoms with Crippen molar-refractivity contribution in [3.63, 3.8) is 0 Å². The van der Waals surface area contributed by atoms with Gasteiger partial charge in [0.1, 0.15) is 22.0 Å². The first-order valence-electron chi connectivity index (χ1n) is 5.80. The van der Waals surface area contributed by atoms with Crippen molar-refractivity contribution in [2.75, 3.05) is 30.5 Å². The molecule has 0 aromatic carbocycles. The van der Waals surface area contributed by atoms with E-state index in [1.807, 2.05) is 13.8 Å². The highest BCUT2D eigenvalue weighted by molar-refractivity contribution is 7.90. The van der Waals surface area contributed by atoms with Crippen LogP contribution in [0.2, 0.25) is 0 Å². The smallest absolute Gasteiger partial charge is 0.221 e. The molecule has 1 N–H and O–H groups in total. The molecule has 0 radical (unpaired) electrons. The number of sulfone groups is 1. The monoisotopic (exact) mass is 273 g/mol. The van der Waals surface area contributed by atoms with Crippen molar-refractivity contribution in [3.05, 3.63) is 11.9 Å². The van der Waals surface area contributed by atoms with Crippen molar-refractivity contribution in [1.82, 2.24) is 9.97 Å². The Labute approximate surface area is 108 Å². The molecule has 0 fully saturated rings. The van der Waals surface area contributed by atoms with Gasteiger partial charge in [-0.15, -0.1) is 0 Å². The second-order valence-electron chi connectivity index (χ2n) is 4.00. The fourth-order valence-corrected chi connectivity index (χ4v) is 2.10. The van der Waals surface area contributed by atoms with Crippen molar-refractivity contribution < 1.29 is 13.2 Å². The van der Waals surface area contributed by atoms with Crippen molar-refractivity contribution in [2.24, 2.45) is 0 Å². The molecule has 18 heavy (non-hydrogen) atoms. The summed E-state index contributed by atoms with van der Waals surface area (Å²) in [5, 5.41) is 3.09. The van der Waals surface area contributed by atoms with E-state index in [-0.39, 0.29) is 5.75 Å². The fourth-order valence-electron chi connectivity index (χ4n) is 1.44. The van der Waals surface area contributed by atoms with Crippen LogP contribution in [0.1, 0.15) is 18.9 Å². The van der Waals surface area contributed by atoms with Crippen LogP contribution in [0.3, 0.4) is 0 Å². The Kier molecular flexibility index (Phi) is 5.33. The maximum Gasteiger partial charge on any atom is 0.221 e. The summed E-state index contributed by atoms with van der Waals surface area (Å²) in [6.07, 6.45) is 3.21. The molecule has 0 atom stereocenters. The maximum absolute atomic E-state index is 11.0. The van der Waals surface area contributed by atoms with E-state index < -0.39 is 9.84 Å². The molecule has 0 bridgehead atoms. The molecular weight excluding hydrogens is 254 g/mol. The number of nitrogens with zero attached hydrogens (tertiary/aromatic N) is 2. The lowest BCUT2D eigenvalue weighted by Crippen LogP contribution is -2.12. The van der Waals surface area contributed by atoms with Crippen molar-refractivity contribution in [2.45, 2.75) is 20.3 Å². The average Bonchev–Trinajstić information content (AvgIpc) is 2.28. The van der Waals surface area contributed by atoms with Gasteiger partial charge >= 0.3 is 0 Å². The Morgan fingerprint density at radius 3 is 2.72 bits per heavy atom. The van der Waals surface area contributed by atoms with Gasteiger partial charge in [0.2, 0.25) is 5.88 Å². The molecule has 0 saturated carbocycles. The predicted molar refractivity (Wildman–Crippen MR) is 70.8 cm³/mol. The van der Waals surface area contributed by atoms with E-state index in [9.17, 15) is 8.42 Å². The highest BCUT2D eigenvalue weighted by atomic mass is 32.2. The largest absolute Gasteiger partial charge is 0.478 e. The molecular formula is C11H19N3O3S. The molecule has 0 unspecified atom stereocenters. The van der Waals surface area contributed by atoms with Crippen LogP contribution in [-0.4, -0.2) is 43.5 Å². The fraction of sp³-hybridized carbons (Fsp3) is 0.636. The van der Waals surface area contributed by atoms with Gasteiger partial charge in [-0.1, -0.05) is 0 Å². The van der Waals surface area contributed by atoms with Gasteiger partial charge in [-0.25, -0.2) is 18.4 Å². The topological polar surface area (TPSA) is 81.2 Å². The molecule has 0 aliphatic carbocycles. The van der Waals surface area contributed by atoms with E-state index in [1.54, 1.807) is 0 Å². The number of hydrogen-bond acceptors (Lipinski definition) is 6. The predicted octanol–water partition coefficient (Wildman–Crippen LogP) is 1.03. The zero-order valence-electron chi connectivity index (χ0n) is 10.9. The summed E-state index contributed by atoms with van der Waals surface area (Å²) in [4.78, 5) is 8.13. The minimum absolute atomic E-state index is 0.169. The van der Waals surface area contributed by atoms with Crippen molar-refractivity contribution >= 4 is 15.7 Å². The first-order chi connectivity index (χ1) is 8.44. The second-order valence-corrected chi connectivity index (χ2v) is 6.26. The lowest BCUT2D eigenvalue weighted by atomic mass is 10.3. The van der Waals surface area contributed by atoms with E-state index >= 15 is 0 Å². The summed E-state index contributed by atoms with van der Waals surface area (Å²) >= 11 is 0. The Balaban J connectivity index is 2.55. The molecule has 6 nitrogen and oxygen atoms in total. The number of ether oxygens (including phenoxy) is 1.